The van der Waals surface area contributed by atoms with Gasteiger partial charge in [-0.05, 0) is 63.4 Å². The van der Waals surface area contributed by atoms with E-state index in [0.717, 1.165) is 31.5 Å². The van der Waals surface area contributed by atoms with Crippen LogP contribution in [0.1, 0.15) is 38.2 Å². The van der Waals surface area contributed by atoms with Gasteiger partial charge in [0.1, 0.15) is 5.75 Å². The Morgan fingerprint density at radius 1 is 1.20 bits per heavy atom. The molecule has 1 saturated heterocycles. The molecule has 0 N–H and O–H groups in total. The van der Waals surface area contributed by atoms with Crippen molar-refractivity contribution >= 4 is 0 Å². The van der Waals surface area contributed by atoms with Crippen LogP contribution in [0, 0.1) is 0 Å². The number of nitrogens with zero attached hydrogens (tertiary/aromatic N) is 1. The van der Waals surface area contributed by atoms with Gasteiger partial charge in [-0.2, -0.15) is 0 Å². The third kappa shape index (κ3) is 4.13. The first-order chi connectivity index (χ1) is 9.35. The van der Waals surface area contributed by atoms with Gasteiger partial charge in [0, 0.05) is 6.04 Å². The molecule has 0 aromatic heterocycles. The SMILES string of the molecule is CC(C)N1CCC(c2cccc(OC(F)(F)F)c2)CC1. The number of hydrogen-bond acceptors (Lipinski definition) is 2. The van der Waals surface area contributed by atoms with E-state index in [0.29, 0.717) is 12.0 Å². The summed E-state index contributed by atoms with van der Waals surface area (Å²) in [7, 11) is 0. The van der Waals surface area contributed by atoms with Crippen molar-refractivity contribution in [3.05, 3.63) is 29.8 Å². The molecular weight excluding hydrogens is 267 g/mol. The van der Waals surface area contributed by atoms with Gasteiger partial charge in [-0.25, -0.2) is 0 Å². The number of hydrogen-bond donors (Lipinski definition) is 0. The van der Waals surface area contributed by atoms with E-state index in [1.165, 1.54) is 12.1 Å². The van der Waals surface area contributed by atoms with Crippen molar-refractivity contribution < 1.29 is 17.9 Å². The van der Waals surface area contributed by atoms with Gasteiger partial charge < -0.3 is 9.64 Å². The first kappa shape index (κ1) is 15.2. The van der Waals surface area contributed by atoms with Crippen LogP contribution in [0.4, 0.5) is 13.2 Å². The second-order valence-corrected chi connectivity index (χ2v) is 5.52. The second kappa shape index (κ2) is 6.04. The van der Waals surface area contributed by atoms with Crippen molar-refractivity contribution in [3.63, 3.8) is 0 Å². The lowest BCUT2D eigenvalue weighted by Gasteiger charge is -2.34. The van der Waals surface area contributed by atoms with Crippen molar-refractivity contribution in [2.45, 2.75) is 45.0 Å². The zero-order chi connectivity index (χ0) is 14.8. The fourth-order valence-electron chi connectivity index (χ4n) is 2.71. The Morgan fingerprint density at radius 3 is 2.40 bits per heavy atom. The van der Waals surface area contributed by atoms with E-state index in [1.807, 2.05) is 6.07 Å². The molecule has 0 spiro atoms. The van der Waals surface area contributed by atoms with Crippen LogP contribution in [0.25, 0.3) is 0 Å². The Bertz CT molecular complexity index is 437. The molecule has 0 bridgehead atoms. The average molecular weight is 287 g/mol. The number of alkyl halides is 3. The predicted molar refractivity (Wildman–Crippen MR) is 71.8 cm³/mol. The van der Waals surface area contributed by atoms with E-state index in [4.69, 9.17) is 0 Å². The molecule has 0 unspecified atom stereocenters. The van der Waals surface area contributed by atoms with Gasteiger partial charge in [0.15, 0.2) is 0 Å². The molecule has 0 aliphatic carbocycles. The Morgan fingerprint density at radius 2 is 1.85 bits per heavy atom. The zero-order valence-corrected chi connectivity index (χ0v) is 11.8. The number of piperidine rings is 1. The van der Waals surface area contributed by atoms with Crippen LogP contribution in [0.3, 0.4) is 0 Å². The molecule has 1 heterocycles. The summed E-state index contributed by atoms with van der Waals surface area (Å²) in [6.07, 6.45) is -2.67. The van der Waals surface area contributed by atoms with Gasteiger partial charge in [-0.3, -0.25) is 0 Å². The lowest BCUT2D eigenvalue weighted by Crippen LogP contribution is -2.37. The summed E-state index contributed by atoms with van der Waals surface area (Å²) in [6, 6.07) is 6.91. The van der Waals surface area contributed by atoms with Gasteiger partial charge in [-0.1, -0.05) is 12.1 Å². The highest BCUT2D eigenvalue weighted by atomic mass is 19.4. The predicted octanol–water partition coefficient (Wildman–Crippen LogP) is 4.17. The number of benzene rings is 1. The van der Waals surface area contributed by atoms with E-state index in [2.05, 4.69) is 23.5 Å². The van der Waals surface area contributed by atoms with Gasteiger partial charge >= 0.3 is 6.36 Å². The third-order valence-electron chi connectivity index (χ3n) is 3.82. The minimum atomic E-state index is -4.63. The largest absolute Gasteiger partial charge is 0.573 e. The lowest BCUT2D eigenvalue weighted by atomic mass is 9.89. The molecular formula is C15H20F3NO. The molecule has 0 atom stereocenters. The fraction of sp³-hybridized carbons (Fsp3) is 0.600. The van der Waals surface area contributed by atoms with Crippen LogP contribution < -0.4 is 4.74 Å². The smallest absolute Gasteiger partial charge is 0.406 e. The minimum absolute atomic E-state index is 0.124. The van der Waals surface area contributed by atoms with E-state index in [-0.39, 0.29) is 5.75 Å². The molecule has 1 fully saturated rings. The van der Waals surface area contributed by atoms with E-state index < -0.39 is 6.36 Å². The highest BCUT2D eigenvalue weighted by Gasteiger charge is 2.31. The van der Waals surface area contributed by atoms with Crippen LogP contribution in [0.5, 0.6) is 5.75 Å². The van der Waals surface area contributed by atoms with Gasteiger partial charge in [-0.15, -0.1) is 13.2 Å². The topological polar surface area (TPSA) is 12.5 Å². The van der Waals surface area contributed by atoms with Crippen molar-refractivity contribution in [1.82, 2.24) is 4.90 Å². The molecule has 5 heteroatoms. The van der Waals surface area contributed by atoms with E-state index >= 15 is 0 Å². The molecule has 1 aliphatic heterocycles. The van der Waals surface area contributed by atoms with Gasteiger partial charge in [0.2, 0.25) is 0 Å². The van der Waals surface area contributed by atoms with Crippen LogP contribution in [0.15, 0.2) is 24.3 Å². The molecule has 1 aromatic rings. The van der Waals surface area contributed by atoms with Gasteiger partial charge in [0.25, 0.3) is 0 Å². The maximum atomic E-state index is 12.2. The molecule has 2 nitrogen and oxygen atoms in total. The summed E-state index contributed by atoms with van der Waals surface area (Å²) >= 11 is 0. The van der Waals surface area contributed by atoms with Crippen molar-refractivity contribution in [2.75, 3.05) is 13.1 Å². The summed E-state index contributed by atoms with van der Waals surface area (Å²) in [4.78, 5) is 2.40. The highest BCUT2D eigenvalue weighted by molar-refractivity contribution is 5.31. The second-order valence-electron chi connectivity index (χ2n) is 5.52. The molecule has 0 radical (unpaired) electrons. The van der Waals surface area contributed by atoms with Crippen LogP contribution in [0.2, 0.25) is 0 Å². The average Bonchev–Trinajstić information content (AvgIpc) is 2.37. The monoisotopic (exact) mass is 287 g/mol. The van der Waals surface area contributed by atoms with E-state index in [9.17, 15) is 13.2 Å². The Kier molecular flexibility index (Phi) is 4.58. The summed E-state index contributed by atoms with van der Waals surface area (Å²) < 4.78 is 40.7. The zero-order valence-electron chi connectivity index (χ0n) is 11.8. The molecule has 0 amide bonds. The summed E-state index contributed by atoms with van der Waals surface area (Å²) in [6.45, 7) is 6.32. The number of rotatable bonds is 3. The minimum Gasteiger partial charge on any atom is -0.406 e. The normalized spacial score (nSPS) is 18.5. The maximum Gasteiger partial charge on any atom is 0.573 e. The first-order valence-electron chi connectivity index (χ1n) is 6.95. The van der Waals surface area contributed by atoms with Crippen LogP contribution in [-0.2, 0) is 0 Å². The highest BCUT2D eigenvalue weighted by Crippen LogP contribution is 2.32. The molecule has 20 heavy (non-hydrogen) atoms. The fourth-order valence-corrected chi connectivity index (χ4v) is 2.71. The molecule has 112 valence electrons. The first-order valence-corrected chi connectivity index (χ1v) is 6.95. The molecule has 1 aliphatic rings. The standard InChI is InChI=1S/C15H20F3NO/c1-11(2)19-8-6-12(7-9-19)13-4-3-5-14(10-13)20-15(16,17)18/h3-5,10-12H,6-9H2,1-2H3. The third-order valence-corrected chi connectivity index (χ3v) is 3.82. The number of halogens is 3. The molecule has 1 aromatic carbocycles. The van der Waals surface area contributed by atoms with Crippen molar-refractivity contribution in [2.24, 2.45) is 0 Å². The summed E-state index contributed by atoms with van der Waals surface area (Å²) in [5, 5.41) is 0. The van der Waals surface area contributed by atoms with Crippen molar-refractivity contribution in [3.8, 4) is 5.75 Å². The Labute approximate surface area is 117 Å². The summed E-state index contributed by atoms with van der Waals surface area (Å²) in [5.41, 5.74) is 0.940. The lowest BCUT2D eigenvalue weighted by molar-refractivity contribution is -0.274. The molecule has 0 saturated carbocycles. The maximum absolute atomic E-state index is 12.2. The number of likely N-dealkylation sites (tertiary alicyclic amines) is 1. The van der Waals surface area contributed by atoms with Crippen LogP contribution >= 0.6 is 0 Å². The Hall–Kier alpha value is -1.23. The van der Waals surface area contributed by atoms with Crippen LogP contribution in [-0.4, -0.2) is 30.4 Å². The van der Waals surface area contributed by atoms with E-state index in [1.54, 1.807) is 6.07 Å². The molecule has 2 rings (SSSR count). The van der Waals surface area contributed by atoms with Crippen molar-refractivity contribution in [1.29, 1.82) is 0 Å². The van der Waals surface area contributed by atoms with Gasteiger partial charge in [0.05, 0.1) is 0 Å². The number of ether oxygens (including phenoxy) is 1. The quantitative estimate of drug-likeness (QED) is 0.827. The summed E-state index contributed by atoms with van der Waals surface area (Å²) in [5.74, 6) is 0.197. The Balaban J connectivity index is 2.01.